The van der Waals surface area contributed by atoms with Crippen molar-refractivity contribution in [2.45, 2.75) is 25.9 Å². The van der Waals surface area contributed by atoms with Gasteiger partial charge in [-0.3, -0.25) is 0 Å². The van der Waals surface area contributed by atoms with Crippen molar-refractivity contribution in [3.63, 3.8) is 0 Å². The molecule has 0 bridgehead atoms. The van der Waals surface area contributed by atoms with Crippen molar-refractivity contribution in [1.29, 1.82) is 0 Å². The van der Waals surface area contributed by atoms with E-state index in [0.717, 1.165) is 25.9 Å². The average molecular weight is 223 g/mol. The van der Waals surface area contributed by atoms with Crippen LogP contribution in [0, 0.1) is 11.7 Å². The first kappa shape index (κ1) is 11.4. The molecule has 2 nitrogen and oxygen atoms in total. The van der Waals surface area contributed by atoms with Crippen molar-refractivity contribution < 1.29 is 9.13 Å². The van der Waals surface area contributed by atoms with E-state index in [-0.39, 0.29) is 11.9 Å². The Morgan fingerprint density at radius 1 is 1.50 bits per heavy atom. The minimum absolute atomic E-state index is 0.117. The Kier molecular flexibility index (Phi) is 3.78. The number of rotatable bonds is 4. The standard InChI is InChI=1S/C13H18FNO/c1-2-12(10-7-8-15-9-10)16-13-6-4-3-5-11(13)14/h3-6,10,12,15H,2,7-9H2,1H3/t10?,12-/m0/s1. The van der Waals surface area contributed by atoms with E-state index in [9.17, 15) is 4.39 Å². The molecule has 2 atom stereocenters. The predicted molar refractivity (Wildman–Crippen MR) is 62.1 cm³/mol. The number of hydrogen-bond donors (Lipinski definition) is 1. The van der Waals surface area contributed by atoms with Gasteiger partial charge in [0.1, 0.15) is 6.10 Å². The van der Waals surface area contributed by atoms with Gasteiger partial charge in [0.15, 0.2) is 11.6 Å². The lowest BCUT2D eigenvalue weighted by Crippen LogP contribution is -2.28. The van der Waals surface area contributed by atoms with Crippen molar-refractivity contribution in [3.05, 3.63) is 30.1 Å². The molecule has 1 saturated heterocycles. The molecule has 1 aromatic rings. The van der Waals surface area contributed by atoms with Gasteiger partial charge in [0.05, 0.1) is 0 Å². The van der Waals surface area contributed by atoms with E-state index in [1.807, 2.05) is 0 Å². The SMILES string of the molecule is CC[C@H](Oc1ccccc1F)C1CCNC1. The van der Waals surface area contributed by atoms with Crippen molar-refractivity contribution in [1.82, 2.24) is 5.32 Å². The molecule has 0 aromatic heterocycles. The highest BCUT2D eigenvalue weighted by atomic mass is 19.1. The van der Waals surface area contributed by atoms with Gasteiger partial charge in [0, 0.05) is 12.5 Å². The Morgan fingerprint density at radius 3 is 2.94 bits per heavy atom. The molecule has 0 amide bonds. The number of ether oxygens (including phenoxy) is 1. The second-order valence-corrected chi connectivity index (χ2v) is 4.25. The molecule has 1 heterocycles. The van der Waals surface area contributed by atoms with E-state index in [1.165, 1.54) is 6.07 Å². The Balaban J connectivity index is 2.03. The fourth-order valence-corrected chi connectivity index (χ4v) is 2.21. The highest BCUT2D eigenvalue weighted by molar-refractivity contribution is 5.24. The van der Waals surface area contributed by atoms with Crippen molar-refractivity contribution in [2.24, 2.45) is 5.92 Å². The average Bonchev–Trinajstić information content (AvgIpc) is 2.81. The summed E-state index contributed by atoms with van der Waals surface area (Å²) in [6, 6.07) is 6.62. The van der Waals surface area contributed by atoms with Crippen LogP contribution >= 0.6 is 0 Å². The molecule has 1 aliphatic rings. The summed E-state index contributed by atoms with van der Waals surface area (Å²) in [5.74, 6) is 0.609. The van der Waals surface area contributed by atoms with Gasteiger partial charge in [-0.2, -0.15) is 0 Å². The van der Waals surface area contributed by atoms with E-state index >= 15 is 0 Å². The molecule has 1 unspecified atom stereocenters. The summed E-state index contributed by atoms with van der Waals surface area (Å²) in [6.07, 6.45) is 2.15. The molecular formula is C13H18FNO. The van der Waals surface area contributed by atoms with Crippen LogP contribution in [-0.2, 0) is 0 Å². The summed E-state index contributed by atoms with van der Waals surface area (Å²) in [5.41, 5.74) is 0. The number of benzene rings is 1. The van der Waals surface area contributed by atoms with Gasteiger partial charge in [0.2, 0.25) is 0 Å². The number of halogens is 1. The molecule has 88 valence electrons. The molecular weight excluding hydrogens is 205 g/mol. The smallest absolute Gasteiger partial charge is 0.165 e. The van der Waals surface area contributed by atoms with Gasteiger partial charge in [-0.05, 0) is 31.5 Å². The molecule has 2 rings (SSSR count). The molecule has 0 spiro atoms. The van der Waals surface area contributed by atoms with Crippen LogP contribution in [-0.4, -0.2) is 19.2 Å². The summed E-state index contributed by atoms with van der Waals surface area (Å²) in [6.45, 7) is 4.11. The minimum Gasteiger partial charge on any atom is -0.487 e. The maximum atomic E-state index is 13.4. The van der Waals surface area contributed by atoms with Crippen LogP contribution < -0.4 is 10.1 Å². The largest absolute Gasteiger partial charge is 0.487 e. The van der Waals surface area contributed by atoms with Gasteiger partial charge in [0.25, 0.3) is 0 Å². The van der Waals surface area contributed by atoms with E-state index in [0.29, 0.717) is 11.7 Å². The van der Waals surface area contributed by atoms with Crippen molar-refractivity contribution in [3.8, 4) is 5.75 Å². The topological polar surface area (TPSA) is 21.3 Å². The zero-order valence-electron chi connectivity index (χ0n) is 9.58. The molecule has 0 saturated carbocycles. The Bertz CT molecular complexity index is 336. The van der Waals surface area contributed by atoms with Crippen LogP contribution in [0.3, 0.4) is 0 Å². The third kappa shape index (κ3) is 2.53. The van der Waals surface area contributed by atoms with Gasteiger partial charge in [-0.25, -0.2) is 4.39 Å². The minimum atomic E-state index is -0.271. The molecule has 1 aliphatic heterocycles. The lowest BCUT2D eigenvalue weighted by Gasteiger charge is -2.23. The van der Waals surface area contributed by atoms with Gasteiger partial charge in [-0.15, -0.1) is 0 Å². The second-order valence-electron chi connectivity index (χ2n) is 4.25. The van der Waals surface area contributed by atoms with Gasteiger partial charge < -0.3 is 10.1 Å². The molecule has 1 aromatic carbocycles. The van der Waals surface area contributed by atoms with Gasteiger partial charge >= 0.3 is 0 Å². The van der Waals surface area contributed by atoms with E-state index < -0.39 is 0 Å². The quantitative estimate of drug-likeness (QED) is 0.847. The van der Waals surface area contributed by atoms with Crippen LogP contribution in [0.1, 0.15) is 19.8 Å². The molecule has 1 fully saturated rings. The third-order valence-electron chi connectivity index (χ3n) is 3.14. The lowest BCUT2D eigenvalue weighted by molar-refractivity contribution is 0.132. The summed E-state index contributed by atoms with van der Waals surface area (Å²) < 4.78 is 19.2. The highest BCUT2D eigenvalue weighted by Crippen LogP contribution is 2.24. The van der Waals surface area contributed by atoms with Crippen molar-refractivity contribution >= 4 is 0 Å². The normalized spacial score (nSPS) is 22.0. The first-order chi connectivity index (χ1) is 7.81. The zero-order valence-corrected chi connectivity index (χ0v) is 9.58. The number of para-hydroxylation sites is 1. The molecule has 1 N–H and O–H groups in total. The van der Waals surface area contributed by atoms with Crippen molar-refractivity contribution in [2.75, 3.05) is 13.1 Å². The molecule has 0 radical (unpaired) electrons. The number of hydrogen-bond acceptors (Lipinski definition) is 2. The highest BCUT2D eigenvalue weighted by Gasteiger charge is 2.25. The number of nitrogens with one attached hydrogen (secondary N) is 1. The first-order valence-electron chi connectivity index (χ1n) is 5.93. The molecule has 16 heavy (non-hydrogen) atoms. The van der Waals surface area contributed by atoms with E-state index in [1.54, 1.807) is 18.2 Å². The van der Waals surface area contributed by atoms with Crippen LogP contribution in [0.25, 0.3) is 0 Å². The predicted octanol–water partition coefficient (Wildman–Crippen LogP) is 2.59. The monoisotopic (exact) mass is 223 g/mol. The molecule has 3 heteroatoms. The van der Waals surface area contributed by atoms with Crippen LogP contribution in [0.2, 0.25) is 0 Å². The Morgan fingerprint density at radius 2 is 2.31 bits per heavy atom. The zero-order chi connectivity index (χ0) is 11.4. The van der Waals surface area contributed by atoms with E-state index in [2.05, 4.69) is 12.2 Å². The summed E-state index contributed by atoms with van der Waals surface area (Å²) in [4.78, 5) is 0. The lowest BCUT2D eigenvalue weighted by atomic mass is 9.99. The first-order valence-corrected chi connectivity index (χ1v) is 5.93. The van der Waals surface area contributed by atoms with Gasteiger partial charge in [-0.1, -0.05) is 19.1 Å². The van der Waals surface area contributed by atoms with Crippen LogP contribution in [0.15, 0.2) is 24.3 Å². The second kappa shape index (κ2) is 5.30. The third-order valence-corrected chi connectivity index (χ3v) is 3.14. The fraction of sp³-hybridized carbons (Fsp3) is 0.538. The fourth-order valence-electron chi connectivity index (χ4n) is 2.21. The molecule has 0 aliphatic carbocycles. The summed E-state index contributed by atoms with van der Waals surface area (Å²) >= 11 is 0. The summed E-state index contributed by atoms with van der Waals surface area (Å²) in [7, 11) is 0. The Labute approximate surface area is 95.8 Å². The van der Waals surface area contributed by atoms with Crippen LogP contribution in [0.5, 0.6) is 5.75 Å². The maximum absolute atomic E-state index is 13.4. The Hall–Kier alpha value is -1.09. The van der Waals surface area contributed by atoms with E-state index in [4.69, 9.17) is 4.74 Å². The van der Waals surface area contributed by atoms with Crippen LogP contribution in [0.4, 0.5) is 4.39 Å². The maximum Gasteiger partial charge on any atom is 0.165 e. The summed E-state index contributed by atoms with van der Waals surface area (Å²) in [5, 5.41) is 3.31.